The molecule has 0 aliphatic carbocycles. The fourth-order valence-corrected chi connectivity index (χ4v) is 4.50. The number of imidazole rings is 2. The number of amides is 4. The number of nitrogens with two attached hydrogens (primary N) is 2. The molecular formula is C27H32N10O6. The normalized spacial score (nSPS) is 13.9. The minimum Gasteiger partial charge on any atom is -0.480 e. The first-order chi connectivity index (χ1) is 20.6. The molecule has 0 bridgehead atoms. The Kier molecular flexibility index (Phi) is 9.85. The molecule has 4 rings (SSSR count). The summed E-state index contributed by atoms with van der Waals surface area (Å²) in [7, 11) is 0. The molecule has 0 saturated carbocycles. The molecule has 4 atom stereocenters. The Balaban J connectivity index is 1.57. The van der Waals surface area contributed by atoms with E-state index in [2.05, 4.69) is 40.9 Å². The number of carboxylic acid groups (broad SMARTS) is 1. The molecule has 0 fully saturated rings. The first-order valence-electron chi connectivity index (χ1n) is 13.3. The molecular weight excluding hydrogens is 560 g/mol. The summed E-state index contributed by atoms with van der Waals surface area (Å²) in [4.78, 5) is 79.7. The van der Waals surface area contributed by atoms with E-state index in [4.69, 9.17) is 11.5 Å². The van der Waals surface area contributed by atoms with Crippen LogP contribution in [0.2, 0.25) is 0 Å². The predicted molar refractivity (Wildman–Crippen MR) is 152 cm³/mol. The van der Waals surface area contributed by atoms with Gasteiger partial charge in [0, 0.05) is 60.1 Å². The minimum absolute atomic E-state index is 0.000843. The van der Waals surface area contributed by atoms with Crippen molar-refractivity contribution in [3.63, 3.8) is 0 Å². The molecule has 0 aliphatic heterocycles. The van der Waals surface area contributed by atoms with Crippen molar-refractivity contribution in [2.45, 2.75) is 49.9 Å². The molecule has 1 aromatic carbocycles. The average Bonchev–Trinajstić information content (AvgIpc) is 3.75. The molecule has 0 spiro atoms. The zero-order valence-electron chi connectivity index (χ0n) is 22.9. The van der Waals surface area contributed by atoms with E-state index in [1.807, 2.05) is 24.3 Å². The fourth-order valence-electron chi connectivity index (χ4n) is 4.50. The van der Waals surface area contributed by atoms with E-state index in [1.165, 1.54) is 25.0 Å². The first kappa shape index (κ1) is 30.4. The van der Waals surface area contributed by atoms with Crippen molar-refractivity contribution in [2.24, 2.45) is 11.5 Å². The van der Waals surface area contributed by atoms with Crippen LogP contribution in [-0.2, 0) is 43.2 Å². The van der Waals surface area contributed by atoms with Crippen LogP contribution >= 0.6 is 0 Å². The van der Waals surface area contributed by atoms with Crippen LogP contribution in [0.4, 0.5) is 0 Å². The van der Waals surface area contributed by atoms with Gasteiger partial charge in [-0.05, 0) is 11.6 Å². The highest BCUT2D eigenvalue weighted by Gasteiger charge is 2.32. The van der Waals surface area contributed by atoms with Gasteiger partial charge in [0.1, 0.15) is 18.1 Å². The van der Waals surface area contributed by atoms with Gasteiger partial charge in [0.05, 0.1) is 25.1 Å². The van der Waals surface area contributed by atoms with Crippen LogP contribution in [0.5, 0.6) is 0 Å². The van der Waals surface area contributed by atoms with Gasteiger partial charge in [0.2, 0.25) is 23.6 Å². The van der Waals surface area contributed by atoms with Gasteiger partial charge in [-0.15, -0.1) is 0 Å². The number of aliphatic carboxylic acids is 1. The Hall–Kier alpha value is -5.51. The highest BCUT2D eigenvalue weighted by molar-refractivity contribution is 5.95. The Bertz CT molecular complexity index is 1570. The summed E-state index contributed by atoms with van der Waals surface area (Å²) < 4.78 is 0. The van der Waals surface area contributed by atoms with Crippen molar-refractivity contribution in [1.29, 1.82) is 0 Å². The smallest absolute Gasteiger partial charge is 0.326 e. The van der Waals surface area contributed by atoms with Gasteiger partial charge >= 0.3 is 5.97 Å². The third kappa shape index (κ3) is 8.26. The number of aromatic nitrogens is 5. The molecule has 16 nitrogen and oxygen atoms in total. The molecule has 4 amide bonds. The van der Waals surface area contributed by atoms with Crippen molar-refractivity contribution in [3.8, 4) is 0 Å². The van der Waals surface area contributed by atoms with Crippen LogP contribution in [0, 0.1) is 0 Å². The van der Waals surface area contributed by atoms with Crippen molar-refractivity contribution in [2.75, 3.05) is 0 Å². The maximum Gasteiger partial charge on any atom is 0.326 e. The first-order valence-corrected chi connectivity index (χ1v) is 13.3. The van der Waals surface area contributed by atoms with Crippen LogP contribution in [0.1, 0.15) is 23.4 Å². The molecule has 0 saturated heterocycles. The van der Waals surface area contributed by atoms with Crippen LogP contribution in [0.25, 0.3) is 10.9 Å². The minimum atomic E-state index is -1.33. The predicted octanol–water partition coefficient (Wildman–Crippen LogP) is -1.62. The van der Waals surface area contributed by atoms with E-state index in [9.17, 15) is 29.1 Å². The lowest BCUT2D eigenvalue weighted by Gasteiger charge is -2.25. The number of carbonyl (C=O) groups excluding carboxylic acids is 4. The number of hydrogen-bond acceptors (Lipinski definition) is 8. The number of carboxylic acids is 1. The summed E-state index contributed by atoms with van der Waals surface area (Å²) in [6.07, 6.45) is 6.78. The van der Waals surface area contributed by atoms with Gasteiger partial charge in [0.15, 0.2) is 0 Å². The standard InChI is InChI=1S/C27H32N10O6/c28-18(8-23(29)38)24(39)35-20(5-14-9-32-19-4-2-1-3-17(14)19)25(40)36-21(6-15-10-30-12-33-15)26(41)37-22(27(42)43)7-16-11-31-13-34-16/h1-4,9-13,18,20-22,32H,5-8,28H2,(H2,29,38)(H,30,33)(H,31,34)(H,35,39)(H,36,40)(H,37,41)(H,42,43). The van der Waals surface area contributed by atoms with Crippen molar-refractivity contribution in [3.05, 3.63) is 72.5 Å². The lowest BCUT2D eigenvalue weighted by Crippen LogP contribution is -2.58. The fraction of sp³-hybridized carbons (Fsp3) is 0.296. The SMILES string of the molecule is NC(=O)CC(N)C(=O)NC(Cc1c[nH]c2ccccc12)C(=O)NC(Cc1cnc[nH]1)C(=O)NC(Cc1cnc[nH]1)C(=O)O. The number of primary amides is 1. The van der Waals surface area contributed by atoms with Gasteiger partial charge < -0.3 is 47.5 Å². The number of fused-ring (bicyclic) bond motifs is 1. The summed E-state index contributed by atoms with van der Waals surface area (Å²) in [5, 5.41) is 18.2. The molecule has 11 N–H and O–H groups in total. The Morgan fingerprint density at radius 2 is 1.35 bits per heavy atom. The second kappa shape index (κ2) is 13.9. The van der Waals surface area contributed by atoms with Crippen molar-refractivity contribution >= 4 is 40.5 Å². The molecule has 43 heavy (non-hydrogen) atoms. The van der Waals surface area contributed by atoms with E-state index < -0.39 is 60.2 Å². The Labute approximate surface area is 244 Å². The van der Waals surface area contributed by atoms with E-state index in [0.29, 0.717) is 17.0 Å². The van der Waals surface area contributed by atoms with Gasteiger partial charge in [-0.25, -0.2) is 14.8 Å². The molecule has 3 heterocycles. The maximum absolute atomic E-state index is 13.7. The lowest BCUT2D eigenvalue weighted by molar-refractivity contribution is -0.142. The molecule has 16 heteroatoms. The molecule has 0 radical (unpaired) electrons. The van der Waals surface area contributed by atoms with Crippen LogP contribution < -0.4 is 27.4 Å². The summed E-state index contributed by atoms with van der Waals surface area (Å²) in [6, 6.07) is 2.22. The number of nitrogens with one attached hydrogen (secondary N) is 6. The van der Waals surface area contributed by atoms with Crippen LogP contribution in [0.15, 0.2) is 55.5 Å². The number of benzene rings is 1. The quantitative estimate of drug-likeness (QED) is 0.0767. The number of carbonyl (C=O) groups is 5. The summed E-state index contributed by atoms with van der Waals surface area (Å²) >= 11 is 0. The second-order valence-electron chi connectivity index (χ2n) is 9.92. The van der Waals surface area contributed by atoms with E-state index in [0.717, 1.165) is 10.9 Å². The highest BCUT2D eigenvalue weighted by Crippen LogP contribution is 2.19. The Morgan fingerprint density at radius 1 is 0.791 bits per heavy atom. The number of nitrogens with zero attached hydrogens (tertiary/aromatic N) is 2. The summed E-state index contributed by atoms with van der Waals surface area (Å²) in [6.45, 7) is 0. The molecule has 3 aromatic heterocycles. The van der Waals surface area contributed by atoms with Crippen LogP contribution in [-0.4, -0.2) is 83.8 Å². The van der Waals surface area contributed by atoms with Gasteiger partial charge in [0.25, 0.3) is 0 Å². The molecule has 4 aromatic rings. The molecule has 4 unspecified atom stereocenters. The number of para-hydroxylation sites is 1. The van der Waals surface area contributed by atoms with E-state index >= 15 is 0 Å². The third-order valence-corrected chi connectivity index (χ3v) is 6.70. The largest absolute Gasteiger partial charge is 0.480 e. The molecule has 226 valence electrons. The number of aromatic amines is 3. The summed E-state index contributed by atoms with van der Waals surface area (Å²) in [5.74, 6) is -4.40. The van der Waals surface area contributed by atoms with Crippen molar-refractivity contribution in [1.82, 2.24) is 40.9 Å². The maximum atomic E-state index is 13.7. The summed E-state index contributed by atoms with van der Waals surface area (Å²) in [5.41, 5.74) is 13.5. The number of hydrogen-bond donors (Lipinski definition) is 9. The third-order valence-electron chi connectivity index (χ3n) is 6.70. The van der Waals surface area contributed by atoms with E-state index in [-0.39, 0.29) is 19.3 Å². The van der Waals surface area contributed by atoms with E-state index in [1.54, 1.807) is 6.20 Å². The topological polar surface area (TPSA) is 267 Å². The van der Waals surface area contributed by atoms with Crippen molar-refractivity contribution < 1.29 is 29.1 Å². The van der Waals surface area contributed by atoms with Gasteiger partial charge in [-0.3, -0.25) is 19.2 Å². The number of H-pyrrole nitrogens is 3. The average molecular weight is 593 g/mol. The van der Waals surface area contributed by atoms with Gasteiger partial charge in [-0.1, -0.05) is 18.2 Å². The highest BCUT2D eigenvalue weighted by atomic mass is 16.4. The van der Waals surface area contributed by atoms with Crippen LogP contribution in [0.3, 0.4) is 0 Å². The zero-order chi connectivity index (χ0) is 30.9. The second-order valence-corrected chi connectivity index (χ2v) is 9.92. The lowest BCUT2D eigenvalue weighted by atomic mass is 10.0. The zero-order valence-corrected chi connectivity index (χ0v) is 22.9. The molecule has 0 aliphatic rings. The van der Waals surface area contributed by atoms with Gasteiger partial charge in [-0.2, -0.15) is 0 Å². The monoisotopic (exact) mass is 592 g/mol. The number of rotatable bonds is 15. The Morgan fingerprint density at radius 3 is 1.93 bits per heavy atom.